The summed E-state index contributed by atoms with van der Waals surface area (Å²) >= 11 is 1.51. The normalized spacial score (nSPS) is 24.9. The van der Waals surface area contributed by atoms with E-state index in [2.05, 4.69) is 0 Å². The van der Waals surface area contributed by atoms with Crippen LogP contribution in [0.15, 0.2) is 23.2 Å². The Balaban J connectivity index is 2.00. The van der Waals surface area contributed by atoms with E-state index in [9.17, 15) is 19.3 Å². The first kappa shape index (κ1) is 20.8. The molecule has 0 aromatic heterocycles. The van der Waals surface area contributed by atoms with E-state index < -0.39 is 21.9 Å². The number of ether oxygens (including phenoxy) is 1. The molecule has 3 rings (SSSR count). The van der Waals surface area contributed by atoms with Crippen LogP contribution in [0.2, 0.25) is 0 Å². The lowest BCUT2D eigenvalue weighted by Gasteiger charge is -2.44. The SMILES string of the molecule is CC(C)(C)OC(=O)CC1=N[C@@]2(c3cc([N+](=O)[O-])ccc3F)CCCC[C@H]2CS1. The highest BCUT2D eigenvalue weighted by atomic mass is 32.2. The molecular weight excluding hydrogens is 383 g/mol. The lowest BCUT2D eigenvalue weighted by atomic mass is 9.69. The van der Waals surface area contributed by atoms with Crippen LogP contribution >= 0.6 is 11.8 Å². The quantitative estimate of drug-likeness (QED) is 0.398. The van der Waals surface area contributed by atoms with Crippen molar-refractivity contribution in [3.05, 3.63) is 39.7 Å². The molecule has 2 atom stereocenters. The Hall–Kier alpha value is -1.96. The first-order valence-electron chi connectivity index (χ1n) is 9.48. The highest BCUT2D eigenvalue weighted by molar-refractivity contribution is 8.14. The third-order valence-corrected chi connectivity index (χ3v) is 6.29. The van der Waals surface area contributed by atoms with Gasteiger partial charge in [-0.3, -0.25) is 19.9 Å². The van der Waals surface area contributed by atoms with Gasteiger partial charge in [0.1, 0.15) is 11.4 Å². The van der Waals surface area contributed by atoms with Gasteiger partial charge in [0.25, 0.3) is 5.69 Å². The molecule has 6 nitrogen and oxygen atoms in total. The molecule has 2 aliphatic rings. The number of esters is 1. The number of fused-ring (bicyclic) bond motifs is 1. The fourth-order valence-electron chi connectivity index (χ4n) is 4.01. The molecule has 8 heteroatoms. The summed E-state index contributed by atoms with van der Waals surface area (Å²) in [6.07, 6.45) is 3.44. The minimum Gasteiger partial charge on any atom is -0.460 e. The van der Waals surface area contributed by atoms with Crippen molar-refractivity contribution >= 4 is 28.5 Å². The van der Waals surface area contributed by atoms with Crippen molar-refractivity contribution in [2.45, 2.75) is 64.0 Å². The summed E-state index contributed by atoms with van der Waals surface area (Å²) in [5.41, 5.74) is -1.31. The number of nitro groups is 1. The summed E-state index contributed by atoms with van der Waals surface area (Å²) in [6.45, 7) is 5.41. The van der Waals surface area contributed by atoms with Gasteiger partial charge in [-0.05, 0) is 45.6 Å². The Labute approximate surface area is 168 Å². The number of benzene rings is 1. The van der Waals surface area contributed by atoms with Crippen molar-refractivity contribution in [2.75, 3.05) is 5.75 Å². The molecule has 0 amide bonds. The second-order valence-corrected chi connectivity index (χ2v) is 9.46. The number of aliphatic imine (C=N–C) groups is 1. The van der Waals surface area contributed by atoms with Crippen molar-refractivity contribution in [1.82, 2.24) is 0 Å². The second kappa shape index (κ2) is 7.81. The lowest BCUT2D eigenvalue weighted by molar-refractivity contribution is -0.385. The Bertz CT molecular complexity index is 821. The van der Waals surface area contributed by atoms with Crippen LogP contribution in [0.3, 0.4) is 0 Å². The summed E-state index contributed by atoms with van der Waals surface area (Å²) in [5, 5.41) is 11.8. The van der Waals surface area contributed by atoms with Crippen molar-refractivity contribution in [3.63, 3.8) is 0 Å². The van der Waals surface area contributed by atoms with Crippen LogP contribution in [-0.2, 0) is 15.1 Å². The Morgan fingerprint density at radius 1 is 1.43 bits per heavy atom. The van der Waals surface area contributed by atoms with E-state index in [1.54, 1.807) is 20.8 Å². The van der Waals surface area contributed by atoms with E-state index in [-0.39, 0.29) is 29.6 Å². The molecule has 152 valence electrons. The van der Waals surface area contributed by atoms with E-state index in [0.29, 0.717) is 17.2 Å². The largest absolute Gasteiger partial charge is 0.460 e. The standard InChI is InChI=1S/C20H25FN2O4S/c1-19(2,3)27-18(24)11-17-22-20(9-5-4-6-13(20)12-28-17)15-10-14(23(25)26)7-8-16(15)21/h7-8,10,13H,4-6,9,11-12H2,1-3H3/t13-,20-/m0/s1. The topological polar surface area (TPSA) is 81.8 Å². The van der Waals surface area contributed by atoms with Crippen LogP contribution in [0, 0.1) is 21.8 Å². The smallest absolute Gasteiger partial charge is 0.312 e. The minimum absolute atomic E-state index is 0.0347. The Kier molecular flexibility index (Phi) is 5.79. The van der Waals surface area contributed by atoms with Crippen molar-refractivity contribution in [2.24, 2.45) is 10.9 Å². The number of thioether (sulfide) groups is 1. The molecular formula is C20H25FN2O4S. The molecule has 0 saturated heterocycles. The van der Waals surface area contributed by atoms with Crippen LogP contribution in [0.4, 0.5) is 10.1 Å². The highest BCUT2D eigenvalue weighted by Gasteiger charge is 2.47. The third-order valence-electron chi connectivity index (χ3n) is 5.15. The molecule has 1 aliphatic heterocycles. The molecule has 1 aromatic rings. The van der Waals surface area contributed by atoms with E-state index in [4.69, 9.17) is 9.73 Å². The van der Waals surface area contributed by atoms with Gasteiger partial charge in [-0.15, -0.1) is 11.8 Å². The van der Waals surface area contributed by atoms with Gasteiger partial charge in [0.2, 0.25) is 0 Å². The van der Waals surface area contributed by atoms with E-state index >= 15 is 0 Å². The number of halogens is 1. The zero-order valence-corrected chi connectivity index (χ0v) is 17.2. The van der Waals surface area contributed by atoms with E-state index in [1.807, 2.05) is 0 Å². The van der Waals surface area contributed by atoms with Gasteiger partial charge in [-0.25, -0.2) is 4.39 Å². The molecule has 0 radical (unpaired) electrons. The molecule has 0 unspecified atom stereocenters. The number of hydrogen-bond acceptors (Lipinski definition) is 6. The van der Waals surface area contributed by atoms with E-state index in [1.165, 1.54) is 23.9 Å². The van der Waals surface area contributed by atoms with Gasteiger partial charge in [0, 0.05) is 23.4 Å². The summed E-state index contributed by atoms with van der Waals surface area (Å²) in [6, 6.07) is 3.65. The summed E-state index contributed by atoms with van der Waals surface area (Å²) < 4.78 is 20.2. The molecule has 1 fully saturated rings. The highest BCUT2D eigenvalue weighted by Crippen LogP contribution is 2.51. The number of nitrogens with zero attached hydrogens (tertiary/aromatic N) is 2. The third kappa shape index (κ3) is 4.37. The predicted octanol–water partition coefficient (Wildman–Crippen LogP) is 5.00. The van der Waals surface area contributed by atoms with Crippen LogP contribution in [0.5, 0.6) is 0 Å². The average molecular weight is 408 g/mol. The first-order valence-corrected chi connectivity index (χ1v) is 10.5. The van der Waals surface area contributed by atoms with Crippen molar-refractivity contribution < 1.29 is 18.8 Å². The maximum atomic E-state index is 14.8. The van der Waals surface area contributed by atoms with Crippen molar-refractivity contribution in [3.8, 4) is 0 Å². The zero-order valence-electron chi connectivity index (χ0n) is 16.4. The summed E-state index contributed by atoms with van der Waals surface area (Å²) in [7, 11) is 0. The lowest BCUT2D eigenvalue weighted by Crippen LogP contribution is -2.42. The number of non-ortho nitro benzene ring substituents is 1. The van der Waals surface area contributed by atoms with Crippen LogP contribution < -0.4 is 0 Å². The summed E-state index contributed by atoms with van der Waals surface area (Å²) in [5.74, 6) is -0.0541. The van der Waals surface area contributed by atoms with Gasteiger partial charge in [0.15, 0.2) is 0 Å². The summed E-state index contributed by atoms with van der Waals surface area (Å²) in [4.78, 5) is 27.8. The fraction of sp³-hybridized carbons (Fsp3) is 0.600. The number of nitro benzene ring substituents is 1. The van der Waals surface area contributed by atoms with Crippen molar-refractivity contribution in [1.29, 1.82) is 0 Å². The van der Waals surface area contributed by atoms with Crippen LogP contribution in [0.1, 0.15) is 58.4 Å². The number of carbonyl (C=O) groups excluding carboxylic acids is 1. The molecule has 0 bridgehead atoms. The molecule has 28 heavy (non-hydrogen) atoms. The number of hydrogen-bond donors (Lipinski definition) is 0. The zero-order chi connectivity index (χ0) is 20.5. The molecule has 1 aliphatic carbocycles. The molecule has 1 aromatic carbocycles. The minimum atomic E-state index is -0.850. The Morgan fingerprint density at radius 2 is 2.18 bits per heavy atom. The molecule has 1 heterocycles. The van der Waals surface area contributed by atoms with Gasteiger partial charge in [-0.1, -0.05) is 12.8 Å². The van der Waals surface area contributed by atoms with Crippen LogP contribution in [-0.4, -0.2) is 27.3 Å². The van der Waals surface area contributed by atoms with Crippen LogP contribution in [0.25, 0.3) is 0 Å². The molecule has 1 saturated carbocycles. The average Bonchev–Trinajstić information content (AvgIpc) is 2.59. The maximum Gasteiger partial charge on any atom is 0.312 e. The molecule has 0 spiro atoms. The fourth-order valence-corrected chi connectivity index (χ4v) is 5.30. The van der Waals surface area contributed by atoms with Gasteiger partial charge in [-0.2, -0.15) is 0 Å². The molecule has 0 N–H and O–H groups in total. The van der Waals surface area contributed by atoms with Gasteiger partial charge >= 0.3 is 5.97 Å². The Morgan fingerprint density at radius 3 is 2.86 bits per heavy atom. The predicted molar refractivity (Wildman–Crippen MR) is 107 cm³/mol. The number of carbonyl (C=O) groups is 1. The van der Waals surface area contributed by atoms with Gasteiger partial charge < -0.3 is 4.74 Å². The second-order valence-electron chi connectivity index (χ2n) is 8.37. The monoisotopic (exact) mass is 408 g/mol. The first-order chi connectivity index (χ1) is 13.1. The maximum absolute atomic E-state index is 14.8. The van der Waals surface area contributed by atoms with Gasteiger partial charge in [0.05, 0.1) is 21.9 Å². The number of rotatable bonds is 4. The van der Waals surface area contributed by atoms with E-state index in [0.717, 1.165) is 25.3 Å².